The Labute approximate surface area is 317 Å². The number of nitrogens with zero attached hydrogens (tertiary/aromatic N) is 2. The van der Waals surface area contributed by atoms with E-state index < -0.39 is 0 Å². The normalized spacial score (nSPS) is 19.2. The number of hydrogen-bond acceptors (Lipinski definition) is 5. The Morgan fingerprint density at radius 3 is 2.11 bits per heavy atom. The molecule has 0 bridgehead atoms. The summed E-state index contributed by atoms with van der Waals surface area (Å²) in [5.41, 5.74) is 8.61. The average Bonchev–Trinajstić information content (AvgIpc) is 3.52. The van der Waals surface area contributed by atoms with Crippen molar-refractivity contribution in [2.75, 3.05) is 32.2 Å². The lowest BCUT2D eigenvalue weighted by atomic mass is 9.78. The van der Waals surface area contributed by atoms with Gasteiger partial charge in [0, 0.05) is 46.1 Å². The van der Waals surface area contributed by atoms with Crippen molar-refractivity contribution in [1.82, 2.24) is 0 Å². The number of hydrogen-bond donors (Lipinski definition) is 0. The summed E-state index contributed by atoms with van der Waals surface area (Å²) in [6.45, 7) is 10.1. The predicted octanol–water partition coefficient (Wildman–Crippen LogP) is 10.3. The van der Waals surface area contributed by atoms with Crippen molar-refractivity contribution in [2.24, 2.45) is 0 Å². The lowest BCUT2D eigenvalue weighted by molar-refractivity contribution is -0.436. The molecular weight excluding hydrogens is 680 g/mol. The monoisotopic (exact) mass is 727 g/mol. The van der Waals surface area contributed by atoms with Crippen LogP contribution in [0, 0.1) is 0 Å². The molecule has 53 heavy (non-hydrogen) atoms. The molecule has 0 fully saturated rings. The van der Waals surface area contributed by atoms with Gasteiger partial charge in [0.05, 0.1) is 26.1 Å². The van der Waals surface area contributed by atoms with E-state index in [4.69, 9.17) is 21.1 Å². The maximum Gasteiger partial charge on any atom is 0.311 e. The molecule has 4 aromatic carbocycles. The van der Waals surface area contributed by atoms with Crippen molar-refractivity contribution in [3.8, 4) is 0 Å². The fraction of sp³-hybridized carbons (Fsp3) is 0.326. The van der Waals surface area contributed by atoms with Crippen LogP contribution >= 0.6 is 11.6 Å². The number of ether oxygens (including phenoxy) is 2. The minimum Gasteiger partial charge on any atom is -0.469 e. The molecule has 1 aliphatic carbocycles. The van der Waals surface area contributed by atoms with E-state index in [1.807, 2.05) is 0 Å². The molecule has 0 radical (unpaired) electrons. The number of methoxy groups -OCH3 is 2. The Bertz CT molecular complexity index is 2300. The van der Waals surface area contributed by atoms with Crippen molar-refractivity contribution in [2.45, 2.75) is 70.6 Å². The van der Waals surface area contributed by atoms with Crippen LogP contribution in [0.25, 0.3) is 21.5 Å². The van der Waals surface area contributed by atoms with E-state index >= 15 is 0 Å². The average molecular weight is 728 g/mol. The highest BCUT2D eigenvalue weighted by atomic mass is 35.5. The molecule has 0 saturated heterocycles. The molecule has 7 heteroatoms. The fourth-order valence-electron chi connectivity index (χ4n) is 8.73. The van der Waals surface area contributed by atoms with Crippen LogP contribution in [0.3, 0.4) is 0 Å². The van der Waals surface area contributed by atoms with Crippen LogP contribution in [-0.2, 0) is 29.9 Å². The van der Waals surface area contributed by atoms with Gasteiger partial charge in [0.1, 0.15) is 6.42 Å². The van der Waals surface area contributed by atoms with Gasteiger partial charge in [-0.1, -0.05) is 92.2 Å². The molecule has 2 aliphatic heterocycles. The lowest BCUT2D eigenvalue weighted by Gasteiger charge is -2.27. The molecule has 0 spiro atoms. The van der Waals surface area contributed by atoms with Crippen molar-refractivity contribution >= 4 is 62.2 Å². The van der Waals surface area contributed by atoms with Crippen LogP contribution in [0.1, 0.15) is 70.9 Å². The van der Waals surface area contributed by atoms with Gasteiger partial charge < -0.3 is 14.4 Å². The van der Waals surface area contributed by atoms with Gasteiger partial charge in [-0.05, 0) is 89.6 Å². The number of carbonyl (C=O) groups excluding carboxylic acids is 2. The summed E-state index contributed by atoms with van der Waals surface area (Å²) in [7, 11) is 2.88. The fourth-order valence-corrected chi connectivity index (χ4v) is 9.04. The van der Waals surface area contributed by atoms with Gasteiger partial charge in [-0.25, -0.2) is 0 Å². The van der Waals surface area contributed by atoms with Crippen LogP contribution < -0.4 is 4.90 Å². The minimum absolute atomic E-state index is 0.229. The van der Waals surface area contributed by atoms with Crippen molar-refractivity contribution in [3.63, 3.8) is 0 Å². The molecule has 0 amide bonds. The Hall–Kier alpha value is -4.94. The molecule has 0 saturated carbocycles. The van der Waals surface area contributed by atoms with Crippen molar-refractivity contribution in [3.05, 3.63) is 130 Å². The summed E-state index contributed by atoms with van der Waals surface area (Å²) in [4.78, 5) is 26.9. The third-order valence-electron chi connectivity index (χ3n) is 11.4. The highest BCUT2D eigenvalue weighted by Crippen LogP contribution is 2.51. The first-order valence-corrected chi connectivity index (χ1v) is 18.9. The van der Waals surface area contributed by atoms with E-state index in [1.165, 1.54) is 46.9 Å². The van der Waals surface area contributed by atoms with E-state index in [9.17, 15) is 9.59 Å². The molecule has 4 aromatic rings. The van der Waals surface area contributed by atoms with Crippen LogP contribution in [-0.4, -0.2) is 49.5 Å². The van der Waals surface area contributed by atoms with Gasteiger partial charge in [0.15, 0.2) is 12.3 Å². The molecule has 3 aliphatic rings. The topological polar surface area (TPSA) is 58.8 Å². The Balaban J connectivity index is 1.26. The summed E-state index contributed by atoms with van der Waals surface area (Å²) >= 11 is 7.28. The Morgan fingerprint density at radius 2 is 1.42 bits per heavy atom. The number of allylic oxidation sites excluding steroid dienone is 8. The Kier molecular flexibility index (Phi) is 9.94. The lowest BCUT2D eigenvalue weighted by Crippen LogP contribution is -2.28. The first kappa shape index (κ1) is 36.4. The predicted molar refractivity (Wildman–Crippen MR) is 216 cm³/mol. The minimum atomic E-state index is -0.311. The molecular formula is C46H48ClN2O4+. The SMILES string of the molecule is COC(=O)CCN1/C(=C/C=C2\CCCC(/C=C/C3=[N+](CCC(=O)OC)c4ccc5ccccc5c4C3(C)C)=C2Cl)C(C)(C)c2c1ccc1ccccc21. The van der Waals surface area contributed by atoms with E-state index in [2.05, 4.69) is 134 Å². The van der Waals surface area contributed by atoms with Gasteiger partial charge in [0.25, 0.3) is 0 Å². The zero-order valence-corrected chi connectivity index (χ0v) is 32.3. The Morgan fingerprint density at radius 1 is 0.774 bits per heavy atom. The van der Waals surface area contributed by atoms with Crippen molar-refractivity contribution in [1.29, 1.82) is 0 Å². The molecule has 2 heterocycles. The summed E-state index contributed by atoms with van der Waals surface area (Å²) in [5.74, 6) is -0.458. The number of fused-ring (bicyclic) bond motifs is 6. The first-order valence-electron chi connectivity index (χ1n) is 18.6. The second kappa shape index (κ2) is 14.5. The number of anilines is 1. The highest BCUT2D eigenvalue weighted by molar-refractivity contribution is 6.32. The second-order valence-electron chi connectivity index (χ2n) is 15.2. The summed E-state index contributed by atoms with van der Waals surface area (Å²) < 4.78 is 12.3. The van der Waals surface area contributed by atoms with Gasteiger partial charge in [0.2, 0.25) is 5.69 Å². The van der Waals surface area contributed by atoms with E-state index in [-0.39, 0.29) is 35.6 Å². The van der Waals surface area contributed by atoms with Gasteiger partial charge in [-0.15, -0.1) is 0 Å². The molecule has 0 atom stereocenters. The van der Waals surface area contributed by atoms with E-state index in [1.54, 1.807) is 0 Å². The molecule has 6 nitrogen and oxygen atoms in total. The molecule has 0 aromatic heterocycles. The molecule has 272 valence electrons. The molecule has 7 rings (SSSR count). The number of halogens is 1. The largest absolute Gasteiger partial charge is 0.469 e. The number of esters is 2. The maximum atomic E-state index is 12.3. The summed E-state index contributed by atoms with van der Waals surface area (Å²) in [6.07, 6.45) is 12.1. The quantitative estimate of drug-likeness (QED) is 0.127. The third kappa shape index (κ3) is 6.52. The molecule has 0 unspecified atom stereocenters. The number of benzene rings is 4. The van der Waals surface area contributed by atoms with E-state index in [0.717, 1.165) is 58.2 Å². The molecule has 0 N–H and O–H groups in total. The van der Waals surface area contributed by atoms with Gasteiger partial charge in [-0.3, -0.25) is 9.59 Å². The maximum absolute atomic E-state index is 12.3. The standard InChI is InChI=1S/C46H48ClN2O4/c1-45(2)38(48(28-26-40(50)52-5)36-22-18-30-12-7-9-16-34(30)42(36)45)24-20-32-14-11-15-33(44(32)47)21-25-39-46(3,4)43-35-17-10-8-13-31(35)19-23-37(43)49(39)29-27-41(51)53-6/h7-10,12-13,16-25H,11,14-15,26-29H2,1-6H3/q+1. The van der Waals surface area contributed by atoms with E-state index in [0.29, 0.717) is 13.1 Å². The third-order valence-corrected chi connectivity index (χ3v) is 11.9. The van der Waals surface area contributed by atoms with Crippen LogP contribution in [0.5, 0.6) is 0 Å². The number of carbonyl (C=O) groups is 2. The van der Waals surface area contributed by atoms with Gasteiger partial charge in [-0.2, -0.15) is 4.58 Å². The zero-order chi connectivity index (χ0) is 37.5. The summed E-state index contributed by atoms with van der Waals surface area (Å²) in [6, 6.07) is 25.7. The smallest absolute Gasteiger partial charge is 0.311 e. The first-order chi connectivity index (χ1) is 25.5. The summed E-state index contributed by atoms with van der Waals surface area (Å²) in [5, 5.41) is 5.63. The highest BCUT2D eigenvalue weighted by Gasteiger charge is 2.46. The zero-order valence-electron chi connectivity index (χ0n) is 31.6. The van der Waals surface area contributed by atoms with Gasteiger partial charge >= 0.3 is 11.9 Å². The van der Waals surface area contributed by atoms with Crippen LogP contribution in [0.4, 0.5) is 11.4 Å². The second-order valence-corrected chi connectivity index (χ2v) is 15.6. The van der Waals surface area contributed by atoms with Crippen LogP contribution in [0.2, 0.25) is 0 Å². The van der Waals surface area contributed by atoms with Crippen molar-refractivity contribution < 1.29 is 23.6 Å². The number of rotatable bonds is 9. The van der Waals surface area contributed by atoms with Crippen LogP contribution in [0.15, 0.2) is 119 Å².